The average molecular weight is 375 g/mol. The SMILES string of the molecule is Cc1ccc(CNC(=O)C2CSC34CC=CC=C3N=CCC24)cc1.Cl. The molecule has 0 saturated carbocycles. The number of carbonyl (C=O) groups is 1. The number of hydrogen-bond donors (Lipinski definition) is 1. The van der Waals surface area contributed by atoms with E-state index in [1.165, 1.54) is 5.56 Å². The summed E-state index contributed by atoms with van der Waals surface area (Å²) in [7, 11) is 0. The summed E-state index contributed by atoms with van der Waals surface area (Å²) in [5.41, 5.74) is 3.55. The van der Waals surface area contributed by atoms with E-state index in [9.17, 15) is 4.79 Å². The number of thioether (sulfide) groups is 1. The Labute approximate surface area is 159 Å². The van der Waals surface area contributed by atoms with Gasteiger partial charge in [-0.3, -0.25) is 9.79 Å². The van der Waals surface area contributed by atoms with E-state index >= 15 is 0 Å². The van der Waals surface area contributed by atoms with E-state index in [1.807, 2.05) is 18.0 Å². The van der Waals surface area contributed by atoms with Crippen LogP contribution in [0.25, 0.3) is 0 Å². The van der Waals surface area contributed by atoms with Crippen LogP contribution in [0.5, 0.6) is 0 Å². The van der Waals surface area contributed by atoms with Crippen LogP contribution in [0.1, 0.15) is 24.0 Å². The van der Waals surface area contributed by atoms with Crippen LogP contribution in [0.15, 0.2) is 53.2 Å². The van der Waals surface area contributed by atoms with Gasteiger partial charge in [-0.2, -0.15) is 0 Å². The summed E-state index contributed by atoms with van der Waals surface area (Å²) >= 11 is 1.92. The molecule has 1 spiro atoms. The highest BCUT2D eigenvalue weighted by molar-refractivity contribution is 8.01. The fourth-order valence-electron chi connectivity index (χ4n) is 3.96. The fraction of sp³-hybridized carbons (Fsp3) is 0.400. The van der Waals surface area contributed by atoms with E-state index in [2.05, 4.69) is 59.7 Å². The van der Waals surface area contributed by atoms with Crippen LogP contribution < -0.4 is 5.32 Å². The van der Waals surface area contributed by atoms with E-state index < -0.39 is 0 Å². The minimum Gasteiger partial charge on any atom is -0.352 e. The lowest BCUT2D eigenvalue weighted by molar-refractivity contribution is -0.126. The summed E-state index contributed by atoms with van der Waals surface area (Å²) in [5.74, 6) is 1.50. The minimum atomic E-state index is 0. The highest BCUT2D eigenvalue weighted by Gasteiger charge is 2.54. The van der Waals surface area contributed by atoms with Gasteiger partial charge in [-0.15, -0.1) is 24.2 Å². The number of carbonyl (C=O) groups excluding carboxylic acids is 1. The molecule has 1 N–H and O–H groups in total. The number of allylic oxidation sites excluding steroid dienone is 3. The number of rotatable bonds is 3. The van der Waals surface area contributed by atoms with Crippen LogP contribution in [0.3, 0.4) is 0 Å². The Hall–Kier alpha value is -1.52. The smallest absolute Gasteiger partial charge is 0.224 e. The second-order valence-electron chi connectivity index (χ2n) is 6.85. The third-order valence-electron chi connectivity index (χ3n) is 5.36. The topological polar surface area (TPSA) is 41.5 Å². The van der Waals surface area contributed by atoms with E-state index in [0.717, 1.165) is 29.9 Å². The quantitative estimate of drug-likeness (QED) is 0.866. The molecule has 5 heteroatoms. The molecule has 1 fully saturated rings. The molecule has 2 heterocycles. The number of nitrogens with zero attached hydrogens (tertiary/aromatic N) is 1. The predicted molar refractivity (Wildman–Crippen MR) is 107 cm³/mol. The summed E-state index contributed by atoms with van der Waals surface area (Å²) < 4.78 is 0.0232. The molecule has 3 atom stereocenters. The molecule has 1 aliphatic carbocycles. The first-order valence-electron chi connectivity index (χ1n) is 8.56. The van der Waals surface area contributed by atoms with Crippen molar-refractivity contribution in [3.05, 3.63) is 59.3 Å². The Bertz CT molecular complexity index is 741. The predicted octanol–water partition coefficient (Wildman–Crippen LogP) is 4.07. The lowest BCUT2D eigenvalue weighted by Crippen LogP contribution is -2.43. The standard InChI is InChI=1S/C20H22N2OS.ClH/c1-14-5-7-15(8-6-14)12-22-19(23)16-13-24-20-10-3-2-4-18(20)21-11-9-17(16)20;/h2-8,11,16-17H,9-10,12-13H2,1H3,(H,22,23);1H. The number of halogens is 1. The van der Waals surface area contributed by atoms with Crippen molar-refractivity contribution in [2.45, 2.75) is 31.1 Å². The van der Waals surface area contributed by atoms with Crippen molar-refractivity contribution in [2.75, 3.05) is 5.75 Å². The summed E-state index contributed by atoms with van der Waals surface area (Å²) in [6, 6.07) is 8.34. The molecule has 1 amide bonds. The van der Waals surface area contributed by atoms with Crippen LogP contribution in [0.4, 0.5) is 0 Å². The van der Waals surface area contributed by atoms with Crippen LogP contribution in [0.2, 0.25) is 0 Å². The van der Waals surface area contributed by atoms with Crippen molar-refractivity contribution in [2.24, 2.45) is 16.8 Å². The van der Waals surface area contributed by atoms with Gasteiger partial charge in [0.15, 0.2) is 0 Å². The molecule has 1 aromatic carbocycles. The van der Waals surface area contributed by atoms with E-state index in [0.29, 0.717) is 12.5 Å². The number of amides is 1. The fourth-order valence-corrected chi connectivity index (χ4v) is 5.78. The van der Waals surface area contributed by atoms with Crippen LogP contribution >= 0.6 is 24.2 Å². The molecule has 132 valence electrons. The zero-order valence-electron chi connectivity index (χ0n) is 14.3. The molecule has 3 nitrogen and oxygen atoms in total. The highest BCUT2D eigenvalue weighted by Crippen LogP contribution is 2.56. The van der Waals surface area contributed by atoms with Crippen LogP contribution in [-0.4, -0.2) is 22.6 Å². The molecule has 25 heavy (non-hydrogen) atoms. The Kier molecular flexibility index (Phi) is 5.40. The highest BCUT2D eigenvalue weighted by atomic mass is 35.5. The molecule has 3 unspecified atom stereocenters. The number of benzene rings is 1. The Morgan fingerprint density at radius 2 is 2.16 bits per heavy atom. The Morgan fingerprint density at radius 3 is 2.96 bits per heavy atom. The maximum absolute atomic E-state index is 12.8. The maximum Gasteiger partial charge on any atom is 0.224 e. The summed E-state index contributed by atoms with van der Waals surface area (Å²) in [6.45, 7) is 2.68. The number of nitrogens with one attached hydrogen (secondary N) is 1. The molecule has 4 rings (SSSR count). The molecular formula is C20H23ClN2OS. The molecule has 1 saturated heterocycles. The van der Waals surface area contributed by atoms with E-state index in [4.69, 9.17) is 0 Å². The van der Waals surface area contributed by atoms with Gasteiger partial charge in [-0.05, 0) is 37.3 Å². The zero-order valence-corrected chi connectivity index (χ0v) is 15.9. The molecule has 1 aromatic rings. The van der Waals surface area contributed by atoms with Gasteiger partial charge in [0, 0.05) is 18.5 Å². The first-order chi connectivity index (χ1) is 11.7. The molecule has 0 radical (unpaired) electrons. The van der Waals surface area contributed by atoms with Gasteiger partial charge in [-0.25, -0.2) is 0 Å². The first-order valence-corrected chi connectivity index (χ1v) is 9.55. The monoisotopic (exact) mass is 374 g/mol. The maximum atomic E-state index is 12.8. The molecule has 0 aromatic heterocycles. The van der Waals surface area contributed by atoms with Crippen molar-refractivity contribution in [1.82, 2.24) is 5.32 Å². The zero-order chi connectivity index (χ0) is 16.6. The second kappa shape index (κ2) is 7.38. The number of aliphatic imine (C=N–C) groups is 1. The lowest BCUT2D eigenvalue weighted by Gasteiger charge is -2.39. The van der Waals surface area contributed by atoms with Crippen molar-refractivity contribution in [3.8, 4) is 0 Å². The van der Waals surface area contributed by atoms with Gasteiger partial charge in [0.1, 0.15) is 0 Å². The Morgan fingerprint density at radius 1 is 1.36 bits per heavy atom. The molecule has 0 bridgehead atoms. The summed E-state index contributed by atoms with van der Waals surface area (Å²) in [4.78, 5) is 17.4. The van der Waals surface area contributed by atoms with Gasteiger partial charge < -0.3 is 5.32 Å². The minimum absolute atomic E-state index is 0. The van der Waals surface area contributed by atoms with E-state index in [-0.39, 0.29) is 29.0 Å². The van der Waals surface area contributed by atoms with Crippen LogP contribution in [0, 0.1) is 18.8 Å². The largest absolute Gasteiger partial charge is 0.352 e. The average Bonchev–Trinajstić information content (AvgIpc) is 2.99. The van der Waals surface area contributed by atoms with Gasteiger partial charge in [0.25, 0.3) is 0 Å². The van der Waals surface area contributed by atoms with Crippen molar-refractivity contribution in [3.63, 3.8) is 0 Å². The number of hydrogen-bond acceptors (Lipinski definition) is 3. The Balaban J connectivity index is 0.00000182. The molecular weight excluding hydrogens is 352 g/mol. The van der Waals surface area contributed by atoms with Crippen LogP contribution in [-0.2, 0) is 11.3 Å². The molecule has 3 aliphatic rings. The number of aryl methyl sites for hydroxylation is 1. The van der Waals surface area contributed by atoms with Gasteiger partial charge in [-0.1, -0.05) is 42.0 Å². The normalized spacial score (nSPS) is 29.2. The first kappa shape index (κ1) is 18.3. The van der Waals surface area contributed by atoms with Gasteiger partial charge in [0.05, 0.1) is 16.4 Å². The lowest BCUT2D eigenvalue weighted by atomic mass is 9.73. The second-order valence-corrected chi connectivity index (χ2v) is 8.20. The van der Waals surface area contributed by atoms with E-state index in [1.54, 1.807) is 0 Å². The third kappa shape index (κ3) is 3.30. The van der Waals surface area contributed by atoms with Crippen molar-refractivity contribution in [1.29, 1.82) is 0 Å². The summed E-state index contributed by atoms with van der Waals surface area (Å²) in [5, 5.41) is 3.15. The van der Waals surface area contributed by atoms with Gasteiger partial charge in [0.2, 0.25) is 5.91 Å². The van der Waals surface area contributed by atoms with Crippen molar-refractivity contribution >= 4 is 36.3 Å². The third-order valence-corrected chi connectivity index (χ3v) is 7.08. The summed E-state index contributed by atoms with van der Waals surface area (Å²) in [6.07, 6.45) is 10.3. The molecule has 2 aliphatic heterocycles. The van der Waals surface area contributed by atoms with Gasteiger partial charge >= 0.3 is 0 Å². The van der Waals surface area contributed by atoms with Crippen molar-refractivity contribution < 1.29 is 4.79 Å².